The molecule has 2 amide bonds. The monoisotopic (exact) mass is 305 g/mol. The van der Waals surface area contributed by atoms with Crippen molar-refractivity contribution in [3.05, 3.63) is 24.3 Å². The average Bonchev–Trinajstić information content (AvgIpc) is 2.90. The molecule has 1 aromatic carbocycles. The number of nitrogens with one attached hydrogen (secondary N) is 1. The Hall–Kier alpha value is -2.02. The van der Waals surface area contributed by atoms with Crippen LogP contribution in [0.4, 0.5) is 0 Å². The molecule has 3 rings (SSSR count). The third kappa shape index (κ3) is 2.87. The van der Waals surface area contributed by atoms with Gasteiger partial charge >= 0.3 is 0 Å². The minimum absolute atomic E-state index is 0.0791. The third-order valence-corrected chi connectivity index (χ3v) is 4.23. The maximum atomic E-state index is 12.2. The van der Waals surface area contributed by atoms with Gasteiger partial charge in [-0.1, -0.05) is 23.9 Å². The van der Waals surface area contributed by atoms with Crippen molar-refractivity contribution >= 4 is 34.7 Å². The van der Waals surface area contributed by atoms with E-state index in [1.54, 1.807) is 11.8 Å². The quantitative estimate of drug-likeness (QED) is 0.864. The van der Waals surface area contributed by atoms with Crippen molar-refractivity contribution < 1.29 is 14.0 Å². The Balaban J connectivity index is 1.64. The molecule has 1 unspecified atom stereocenters. The zero-order valence-corrected chi connectivity index (χ0v) is 12.4. The van der Waals surface area contributed by atoms with Crippen LogP contribution < -0.4 is 5.32 Å². The van der Waals surface area contributed by atoms with Crippen molar-refractivity contribution in [3.63, 3.8) is 0 Å². The van der Waals surface area contributed by atoms with Crippen LogP contribution >= 0.6 is 11.8 Å². The summed E-state index contributed by atoms with van der Waals surface area (Å²) in [6.45, 7) is 2.78. The van der Waals surface area contributed by atoms with Gasteiger partial charge in [-0.15, -0.1) is 0 Å². The standard InChI is InChI=1S/C14H15N3O3S/c1-9-13(19)15-6-7-17(9)12(18)8-21-14-16-10-4-2-3-5-11(10)20-14/h2-5,9H,6-8H2,1H3,(H,15,19). The summed E-state index contributed by atoms with van der Waals surface area (Å²) < 4.78 is 5.56. The normalized spacial score (nSPS) is 18.8. The van der Waals surface area contributed by atoms with Gasteiger partial charge < -0.3 is 14.6 Å². The number of oxazole rings is 1. The number of para-hydroxylation sites is 2. The van der Waals surface area contributed by atoms with Crippen LogP contribution in [-0.4, -0.2) is 46.6 Å². The number of benzene rings is 1. The summed E-state index contributed by atoms with van der Waals surface area (Å²) in [6, 6.07) is 7.04. The summed E-state index contributed by atoms with van der Waals surface area (Å²) >= 11 is 1.25. The van der Waals surface area contributed by atoms with Gasteiger partial charge in [0.25, 0.3) is 5.22 Å². The lowest BCUT2D eigenvalue weighted by atomic mass is 10.2. The highest BCUT2D eigenvalue weighted by atomic mass is 32.2. The van der Waals surface area contributed by atoms with Crippen molar-refractivity contribution in [2.45, 2.75) is 18.2 Å². The van der Waals surface area contributed by atoms with Crippen LogP contribution in [0.25, 0.3) is 11.1 Å². The fraction of sp³-hybridized carbons (Fsp3) is 0.357. The Kier molecular flexibility index (Phi) is 3.83. The first-order valence-electron chi connectivity index (χ1n) is 6.71. The Morgan fingerprint density at radius 3 is 3.14 bits per heavy atom. The van der Waals surface area contributed by atoms with Crippen LogP contribution in [-0.2, 0) is 9.59 Å². The third-order valence-electron chi connectivity index (χ3n) is 3.41. The van der Waals surface area contributed by atoms with Gasteiger partial charge in [0.1, 0.15) is 11.6 Å². The van der Waals surface area contributed by atoms with Crippen LogP contribution in [0.15, 0.2) is 33.9 Å². The Labute approximate surface area is 125 Å². The molecule has 2 heterocycles. The van der Waals surface area contributed by atoms with Gasteiger partial charge in [0, 0.05) is 13.1 Å². The van der Waals surface area contributed by atoms with Crippen molar-refractivity contribution in [3.8, 4) is 0 Å². The largest absolute Gasteiger partial charge is 0.431 e. The summed E-state index contributed by atoms with van der Waals surface area (Å²) in [6.07, 6.45) is 0. The number of nitrogens with zero attached hydrogens (tertiary/aromatic N) is 2. The molecule has 1 saturated heterocycles. The average molecular weight is 305 g/mol. The highest BCUT2D eigenvalue weighted by molar-refractivity contribution is 7.99. The van der Waals surface area contributed by atoms with Gasteiger partial charge in [-0.3, -0.25) is 9.59 Å². The van der Waals surface area contributed by atoms with Crippen molar-refractivity contribution in [2.24, 2.45) is 0 Å². The molecule has 21 heavy (non-hydrogen) atoms. The highest BCUT2D eigenvalue weighted by Crippen LogP contribution is 2.23. The van der Waals surface area contributed by atoms with Crippen molar-refractivity contribution in [2.75, 3.05) is 18.8 Å². The maximum Gasteiger partial charge on any atom is 0.257 e. The van der Waals surface area contributed by atoms with Gasteiger partial charge in [-0.05, 0) is 19.1 Å². The SMILES string of the molecule is CC1C(=O)NCCN1C(=O)CSc1nc2ccccc2o1. The zero-order chi connectivity index (χ0) is 14.8. The second kappa shape index (κ2) is 5.77. The van der Waals surface area contributed by atoms with Gasteiger partial charge in [-0.2, -0.15) is 0 Å². The minimum atomic E-state index is -0.421. The summed E-state index contributed by atoms with van der Waals surface area (Å²) in [4.78, 5) is 29.7. The van der Waals surface area contributed by atoms with E-state index in [4.69, 9.17) is 4.42 Å². The molecule has 1 fully saturated rings. The Morgan fingerprint density at radius 1 is 1.52 bits per heavy atom. The molecule has 2 aromatic rings. The number of fused-ring (bicyclic) bond motifs is 1. The lowest BCUT2D eigenvalue weighted by Gasteiger charge is -2.32. The molecule has 110 valence electrons. The van der Waals surface area contributed by atoms with Gasteiger partial charge in [-0.25, -0.2) is 4.98 Å². The fourth-order valence-electron chi connectivity index (χ4n) is 2.24. The van der Waals surface area contributed by atoms with Crippen LogP contribution in [0.3, 0.4) is 0 Å². The molecule has 0 bridgehead atoms. The number of carbonyl (C=O) groups is 2. The molecular formula is C14H15N3O3S. The van der Waals surface area contributed by atoms with Crippen LogP contribution in [0.1, 0.15) is 6.92 Å². The summed E-state index contributed by atoms with van der Waals surface area (Å²) in [5.41, 5.74) is 1.48. The van der Waals surface area contributed by atoms with Crippen LogP contribution in [0.2, 0.25) is 0 Å². The van der Waals surface area contributed by atoms with E-state index < -0.39 is 6.04 Å². The zero-order valence-electron chi connectivity index (χ0n) is 11.5. The Morgan fingerprint density at radius 2 is 2.33 bits per heavy atom. The topological polar surface area (TPSA) is 75.4 Å². The molecule has 1 aliphatic heterocycles. The molecule has 0 saturated carbocycles. The van der Waals surface area contributed by atoms with Crippen LogP contribution in [0, 0.1) is 0 Å². The molecule has 1 atom stereocenters. The molecule has 1 N–H and O–H groups in total. The number of carbonyl (C=O) groups excluding carboxylic acids is 2. The van der Waals surface area contributed by atoms with E-state index >= 15 is 0 Å². The Bertz CT molecular complexity index is 652. The predicted octanol–water partition coefficient (Wildman–Crippen LogP) is 1.27. The molecule has 0 radical (unpaired) electrons. The lowest BCUT2D eigenvalue weighted by Crippen LogP contribution is -2.56. The number of amides is 2. The summed E-state index contributed by atoms with van der Waals surface area (Å²) in [5.74, 6) is 0.0239. The van der Waals surface area contributed by atoms with E-state index in [1.165, 1.54) is 11.8 Å². The molecule has 0 spiro atoms. The van der Waals surface area contributed by atoms with E-state index in [1.807, 2.05) is 24.3 Å². The smallest absolute Gasteiger partial charge is 0.257 e. The predicted molar refractivity (Wildman–Crippen MR) is 78.9 cm³/mol. The second-order valence-electron chi connectivity index (χ2n) is 4.79. The molecular weight excluding hydrogens is 290 g/mol. The molecule has 0 aliphatic carbocycles. The molecule has 1 aliphatic rings. The molecule has 7 heteroatoms. The van der Waals surface area contributed by atoms with Gasteiger partial charge in [0.15, 0.2) is 5.58 Å². The van der Waals surface area contributed by atoms with E-state index in [-0.39, 0.29) is 17.6 Å². The summed E-state index contributed by atoms with van der Waals surface area (Å²) in [5, 5.41) is 3.21. The number of rotatable bonds is 3. The number of piperazine rings is 1. The van der Waals surface area contributed by atoms with E-state index in [2.05, 4.69) is 10.3 Å². The van der Waals surface area contributed by atoms with Crippen molar-refractivity contribution in [1.82, 2.24) is 15.2 Å². The number of hydrogen-bond donors (Lipinski definition) is 1. The summed E-state index contributed by atoms with van der Waals surface area (Å²) in [7, 11) is 0. The number of aromatic nitrogens is 1. The van der Waals surface area contributed by atoms with E-state index in [0.29, 0.717) is 23.9 Å². The second-order valence-corrected chi connectivity index (χ2v) is 5.72. The van der Waals surface area contributed by atoms with Crippen LogP contribution in [0.5, 0.6) is 0 Å². The van der Waals surface area contributed by atoms with Gasteiger partial charge in [0.05, 0.1) is 5.75 Å². The van der Waals surface area contributed by atoms with Crippen molar-refractivity contribution in [1.29, 1.82) is 0 Å². The molecule has 6 nitrogen and oxygen atoms in total. The lowest BCUT2D eigenvalue weighted by molar-refractivity contribution is -0.140. The van der Waals surface area contributed by atoms with E-state index in [9.17, 15) is 9.59 Å². The first-order valence-corrected chi connectivity index (χ1v) is 7.69. The molecule has 1 aromatic heterocycles. The first kappa shape index (κ1) is 13.9. The fourth-order valence-corrected chi connectivity index (χ4v) is 2.97. The maximum absolute atomic E-state index is 12.2. The number of thioether (sulfide) groups is 1. The van der Waals surface area contributed by atoms with Gasteiger partial charge in [0.2, 0.25) is 11.8 Å². The number of hydrogen-bond acceptors (Lipinski definition) is 5. The minimum Gasteiger partial charge on any atom is -0.431 e. The van der Waals surface area contributed by atoms with E-state index in [0.717, 1.165) is 5.52 Å². The first-order chi connectivity index (χ1) is 10.1. The highest BCUT2D eigenvalue weighted by Gasteiger charge is 2.29.